The van der Waals surface area contributed by atoms with Crippen LogP contribution in [0.15, 0.2) is 23.3 Å². The number of anilines is 2. The first-order chi connectivity index (χ1) is 46.6. The van der Waals surface area contributed by atoms with Gasteiger partial charge in [0.05, 0.1) is 63.7 Å². The number of carboxylic acid groups (broad SMARTS) is 2. The number of ether oxygens (including phenoxy) is 6. The van der Waals surface area contributed by atoms with Crippen molar-refractivity contribution >= 4 is 23.8 Å². The van der Waals surface area contributed by atoms with Crippen LogP contribution >= 0.6 is 0 Å². The minimum Gasteiger partial charge on any atom is -0.481 e. The van der Waals surface area contributed by atoms with Crippen molar-refractivity contribution in [3.63, 3.8) is 0 Å². The fourth-order valence-corrected chi connectivity index (χ4v) is 26.0. The smallest absolute Gasteiger partial charge is 0.307 e. The lowest BCUT2D eigenvalue weighted by Crippen LogP contribution is -2.69. The molecule has 2 aromatic rings. The molecule has 0 spiro atoms. The average Bonchev–Trinajstić information content (AvgIpc) is 0.755. The highest BCUT2D eigenvalue weighted by Crippen LogP contribution is 2.78. The monoisotopic (exact) mass is 1400 g/mol. The molecule has 22 atom stereocenters. The average molecular weight is 1400 g/mol. The second-order valence-corrected chi connectivity index (χ2v) is 37.1. The molecule has 8 aliphatic carbocycles. The van der Waals surface area contributed by atoms with E-state index in [1.165, 1.54) is 12.0 Å². The summed E-state index contributed by atoms with van der Waals surface area (Å²) in [4.78, 5) is 28.5. The van der Waals surface area contributed by atoms with Crippen LogP contribution in [0.1, 0.15) is 220 Å². The molecule has 0 aromatic carbocycles. The van der Waals surface area contributed by atoms with Gasteiger partial charge in [-0.1, -0.05) is 145 Å². The lowest BCUT2D eigenvalue weighted by molar-refractivity contribution is -0.255. The maximum Gasteiger partial charge on any atom is 0.307 e. The maximum absolute atomic E-state index is 13.5. The van der Waals surface area contributed by atoms with Crippen molar-refractivity contribution in [1.82, 2.24) is 51.5 Å². The molecule has 10 fully saturated rings. The number of aromatic nitrogens is 8. The molecule has 4 saturated heterocycles. The molecule has 4 bridgehead atoms. The summed E-state index contributed by atoms with van der Waals surface area (Å²) in [5.74, 6) is 1.95. The van der Waals surface area contributed by atoms with Gasteiger partial charge in [-0.3, -0.25) is 9.59 Å². The van der Waals surface area contributed by atoms with Crippen molar-refractivity contribution in [2.75, 3.05) is 91.6 Å². The van der Waals surface area contributed by atoms with Crippen molar-refractivity contribution < 1.29 is 48.2 Å². The van der Waals surface area contributed by atoms with Gasteiger partial charge in [0.15, 0.2) is 0 Å². The minimum absolute atomic E-state index is 0. The molecular formula is C78H132N12O10. The summed E-state index contributed by atoms with van der Waals surface area (Å²) in [6, 6.07) is -0.169. The number of hydrogen-bond acceptors (Lipinski definition) is 18. The van der Waals surface area contributed by atoms with Gasteiger partial charge in [0.25, 0.3) is 11.9 Å². The fraction of sp³-hybridized carbons (Fsp3) is 0.897. The van der Waals surface area contributed by atoms with Gasteiger partial charge in [0.2, 0.25) is 0 Å². The van der Waals surface area contributed by atoms with E-state index in [9.17, 15) is 19.8 Å². The van der Waals surface area contributed by atoms with Gasteiger partial charge < -0.3 is 60.7 Å². The Morgan fingerprint density at radius 3 is 1.42 bits per heavy atom. The second kappa shape index (κ2) is 27.6. The molecule has 22 heteroatoms. The molecule has 22 nitrogen and oxygen atoms in total. The minimum atomic E-state index is -0.628. The number of H-pyrrole nitrogens is 1. The van der Waals surface area contributed by atoms with Gasteiger partial charge in [0, 0.05) is 59.2 Å². The molecule has 6 saturated carbocycles. The topological polar surface area (TPSA) is 304 Å². The summed E-state index contributed by atoms with van der Waals surface area (Å²) < 4.78 is 39.0. The summed E-state index contributed by atoms with van der Waals surface area (Å²) in [6.07, 6.45) is 20.9. The Kier molecular flexibility index (Phi) is 21.3. The molecule has 12 aliphatic rings. The van der Waals surface area contributed by atoms with Gasteiger partial charge in [0.1, 0.15) is 6.04 Å². The zero-order valence-electron chi connectivity index (χ0n) is 63.6. The number of fused-ring (bicyclic) bond motifs is 6. The van der Waals surface area contributed by atoms with E-state index in [-0.39, 0.29) is 115 Å². The van der Waals surface area contributed by atoms with Crippen molar-refractivity contribution in [3.05, 3.63) is 23.3 Å². The first-order valence-corrected chi connectivity index (χ1v) is 38.5. The Bertz CT molecular complexity index is 3280. The molecule has 100 heavy (non-hydrogen) atoms. The number of nitrogens with one attached hydrogen (secondary N) is 3. The Hall–Kier alpha value is -4.16. The highest BCUT2D eigenvalue weighted by Gasteiger charge is 2.74. The number of hydrogen-bond donors (Lipinski definition) is 7. The van der Waals surface area contributed by atoms with Crippen molar-refractivity contribution in [2.45, 2.75) is 243 Å². The van der Waals surface area contributed by atoms with Crippen LogP contribution in [0.5, 0.6) is 0 Å². The molecule has 0 radical (unpaired) electrons. The summed E-state index contributed by atoms with van der Waals surface area (Å²) in [6.45, 7) is 42.2. The summed E-state index contributed by atoms with van der Waals surface area (Å²) in [5.41, 5.74) is 12.2. The molecule has 2 aromatic heterocycles. The van der Waals surface area contributed by atoms with E-state index in [0.717, 1.165) is 143 Å². The van der Waals surface area contributed by atoms with E-state index in [1.54, 1.807) is 10.4 Å². The highest BCUT2D eigenvalue weighted by molar-refractivity contribution is 5.74. The lowest BCUT2D eigenvalue weighted by Gasteiger charge is -2.71. The van der Waals surface area contributed by atoms with E-state index in [4.69, 9.17) is 39.9 Å². The van der Waals surface area contributed by atoms with Crippen LogP contribution in [0.3, 0.4) is 0 Å². The number of aromatic amines is 1. The summed E-state index contributed by atoms with van der Waals surface area (Å²) >= 11 is 0. The molecule has 9 N–H and O–H groups in total. The second-order valence-electron chi connectivity index (χ2n) is 37.1. The zero-order valence-corrected chi connectivity index (χ0v) is 63.6. The van der Waals surface area contributed by atoms with E-state index in [1.807, 2.05) is 7.05 Å². The number of carboxylic acids is 2. The summed E-state index contributed by atoms with van der Waals surface area (Å²) in [7, 11) is 4.10. The molecule has 0 amide bonds. The Labute approximate surface area is 598 Å². The third-order valence-corrected chi connectivity index (χ3v) is 32.6. The van der Waals surface area contributed by atoms with Crippen molar-refractivity contribution in [2.24, 2.45) is 119 Å². The van der Waals surface area contributed by atoms with Crippen molar-refractivity contribution in [3.8, 4) is 0 Å². The quantitative estimate of drug-likeness (QED) is 0.0815. The maximum atomic E-state index is 13.5. The van der Waals surface area contributed by atoms with Gasteiger partial charge in [-0.2, -0.15) is 10.0 Å². The van der Waals surface area contributed by atoms with Gasteiger partial charge in [-0.25, -0.2) is 0 Å². The molecule has 0 unspecified atom stereocenters. The van der Waals surface area contributed by atoms with E-state index >= 15 is 0 Å². The largest absolute Gasteiger partial charge is 0.481 e. The molecular weight excluding hydrogens is 1260 g/mol. The van der Waals surface area contributed by atoms with Gasteiger partial charge in [-0.05, 0) is 213 Å². The lowest BCUT2D eigenvalue weighted by atomic mass is 9.34. The van der Waals surface area contributed by atoms with Crippen LogP contribution in [-0.2, 0) is 38.0 Å². The van der Waals surface area contributed by atoms with E-state index in [2.05, 4.69) is 170 Å². The third-order valence-electron chi connectivity index (χ3n) is 32.6. The fourth-order valence-electron chi connectivity index (χ4n) is 26.0. The Balaban J connectivity index is 0.000000185. The van der Waals surface area contributed by atoms with Crippen LogP contribution in [0.2, 0.25) is 0 Å². The number of aliphatic carboxylic acids is 2. The number of nitrogens with two attached hydrogens (primary N) is 2. The Morgan fingerprint density at radius 2 is 1.04 bits per heavy atom. The van der Waals surface area contributed by atoms with Crippen LogP contribution < -0.4 is 22.1 Å². The highest BCUT2D eigenvalue weighted by atomic mass is 16.5. The van der Waals surface area contributed by atoms with Gasteiger partial charge >= 0.3 is 11.9 Å². The first kappa shape index (κ1) is 77.0. The van der Waals surface area contributed by atoms with Crippen LogP contribution in [0.4, 0.5) is 11.9 Å². The number of allylic oxidation sites excluding steroid dienone is 2. The van der Waals surface area contributed by atoms with E-state index in [0.29, 0.717) is 67.2 Å². The molecule has 6 heterocycles. The Morgan fingerprint density at radius 1 is 0.600 bits per heavy atom. The third kappa shape index (κ3) is 11.8. The van der Waals surface area contributed by atoms with E-state index < -0.39 is 17.9 Å². The summed E-state index contributed by atoms with van der Waals surface area (Å²) in [5, 5.41) is 54.5. The number of nitrogens with zero attached hydrogens (tertiary/aromatic N) is 7. The molecule has 14 rings (SSSR count). The number of carbonyl (C=O) groups is 2. The molecule has 4 aliphatic heterocycles. The predicted molar refractivity (Wildman–Crippen MR) is 386 cm³/mol. The number of likely N-dealkylation sites (N-methyl/N-ethyl adjacent to an activating group) is 2. The van der Waals surface area contributed by atoms with Crippen LogP contribution in [-0.4, -0.2) is 166 Å². The molecule has 564 valence electrons. The number of rotatable bonds is 15. The number of tetrazole rings is 2. The van der Waals surface area contributed by atoms with Crippen LogP contribution in [0, 0.1) is 119 Å². The number of nitrogen functional groups attached to an aromatic ring is 2. The first-order valence-electron chi connectivity index (χ1n) is 38.5. The standard InChI is InChI=1S/C38H62N6O5.C38H63NO5.CH3N5.CH4/c1-23(2)24(3)33(4)13-14-35(6)25-9-10-28-34(5)20-48-22-38(28,26(25)11-12-36(35,7)29(33)31(45)46)19-27(44-42-32(39)41-43-44)30(34)49-21-37(40-8)15-17-47-18-16-37;1-24(2)26(4)33(5)14-15-35(7)27-10-11-29-34(6)21-43-23-38(29,28(27)12-13-36(35,8)30(33)32(40)41)20-25(3)31(34)44-22-37(39-9)16-18-42-19-17-37;2-1-3-5-6-4-1;/h11,23-25,27-30,40H,9-10,12-22H2,1-8H3,(H2,39,42)(H,45,46);12,24-27,29-31,39H,10-11,13-23H2,1-9H3,(H,40,41);(H3,2,3,4,5,6);1H4/t24-,25+,27-,28+,29-,30+,33-,34-,35-,36+,38+;25-,26-,27+,29+,30-,31+,33-,34-,35-,36+,38+;;/m11../s1. The SMILES string of the molecule is C.CNC1(CO[C@H]2[C@H](C)C[C@@]34COC[C@]2(C)[C@@H]3CC[C@H]2C4=CC[C@@]3(C)[C@H](C(=O)O)[C@@](C)([C@H](C)C(C)C)CC[C@]23C)CCOCC1.CNC1(CO[C@H]2[C@H](n3nnc(N)n3)C[C@@]34COC[C@]2(C)[C@@H]3CC[C@H]2C4=CC[C@@]3(C)[C@H](C(=O)O)[C@@](C)([C@H](C)C(C)C)CC[C@]23C)CCOCC1.Nc1nn[nH]n1. The van der Waals surface area contributed by atoms with Crippen LogP contribution in [0.25, 0.3) is 0 Å². The van der Waals surface area contributed by atoms with Gasteiger partial charge in [-0.15, -0.1) is 10.2 Å². The normalized spacial score (nSPS) is 44.1. The van der Waals surface area contributed by atoms with Crippen molar-refractivity contribution in [1.29, 1.82) is 0 Å². The predicted octanol–water partition coefficient (Wildman–Crippen LogP) is 12.3. The zero-order chi connectivity index (χ0) is 71.5.